The van der Waals surface area contributed by atoms with Crippen LogP contribution in [0.1, 0.15) is 11.1 Å². The third-order valence-electron chi connectivity index (χ3n) is 3.08. The van der Waals surface area contributed by atoms with Gasteiger partial charge in [-0.05, 0) is 35.5 Å². The number of hydrazone groups is 1. The smallest absolute Gasteiger partial charge is 0.322 e. The summed E-state index contributed by atoms with van der Waals surface area (Å²) in [7, 11) is 0. The molecular formula is C18H17N3O2S. The Morgan fingerprint density at radius 2 is 1.79 bits per heavy atom. The summed E-state index contributed by atoms with van der Waals surface area (Å²) in [6.07, 6.45) is 3.43. The Balaban J connectivity index is 2.21. The molecule has 0 radical (unpaired) electrons. The van der Waals surface area contributed by atoms with E-state index in [0.29, 0.717) is 0 Å². The van der Waals surface area contributed by atoms with E-state index in [1.54, 1.807) is 12.3 Å². The van der Waals surface area contributed by atoms with E-state index in [1.165, 1.54) is 5.01 Å². The molecule has 2 aromatic rings. The number of carboxylic acids is 1. The molecule has 0 saturated carbocycles. The SMILES string of the molecule is C=Cc1ccc(/C=N/N(C(=S)NCC(=O)O)c2ccccc2)cc1. The maximum atomic E-state index is 10.7. The highest BCUT2D eigenvalue weighted by Gasteiger charge is 2.11. The molecule has 0 atom stereocenters. The molecule has 0 fully saturated rings. The summed E-state index contributed by atoms with van der Waals surface area (Å²) in [4.78, 5) is 10.7. The van der Waals surface area contributed by atoms with E-state index in [9.17, 15) is 4.79 Å². The number of benzene rings is 2. The molecule has 0 aromatic heterocycles. The van der Waals surface area contributed by atoms with Gasteiger partial charge in [0.2, 0.25) is 0 Å². The zero-order valence-corrected chi connectivity index (χ0v) is 13.7. The lowest BCUT2D eigenvalue weighted by Crippen LogP contribution is -2.39. The van der Waals surface area contributed by atoms with Gasteiger partial charge in [-0.2, -0.15) is 5.10 Å². The molecule has 6 heteroatoms. The van der Waals surface area contributed by atoms with E-state index in [4.69, 9.17) is 17.3 Å². The average Bonchev–Trinajstić information content (AvgIpc) is 2.61. The van der Waals surface area contributed by atoms with Crippen LogP contribution in [0.3, 0.4) is 0 Å². The highest BCUT2D eigenvalue weighted by molar-refractivity contribution is 7.80. The van der Waals surface area contributed by atoms with Gasteiger partial charge in [0.25, 0.3) is 0 Å². The number of rotatable bonds is 6. The van der Waals surface area contributed by atoms with Gasteiger partial charge in [0.15, 0.2) is 5.11 Å². The molecule has 0 bridgehead atoms. The number of nitrogens with one attached hydrogen (secondary N) is 1. The number of carboxylic acid groups (broad SMARTS) is 1. The number of thiocarbonyl (C=S) groups is 1. The van der Waals surface area contributed by atoms with Crippen LogP contribution in [0, 0.1) is 0 Å². The lowest BCUT2D eigenvalue weighted by molar-refractivity contribution is -0.135. The quantitative estimate of drug-likeness (QED) is 0.481. The predicted molar refractivity (Wildman–Crippen MR) is 101 cm³/mol. The fraction of sp³-hybridized carbons (Fsp3) is 0.0556. The van der Waals surface area contributed by atoms with E-state index in [-0.39, 0.29) is 11.7 Å². The lowest BCUT2D eigenvalue weighted by atomic mass is 10.1. The maximum Gasteiger partial charge on any atom is 0.322 e. The van der Waals surface area contributed by atoms with E-state index < -0.39 is 5.97 Å². The largest absolute Gasteiger partial charge is 0.480 e. The Labute approximate surface area is 145 Å². The topological polar surface area (TPSA) is 64.9 Å². The molecule has 122 valence electrons. The molecule has 0 aliphatic heterocycles. The van der Waals surface area contributed by atoms with Crippen molar-refractivity contribution in [1.82, 2.24) is 5.32 Å². The first-order valence-electron chi connectivity index (χ1n) is 7.21. The Hall–Kier alpha value is -2.99. The standard InChI is InChI=1S/C18H17N3O2S/c1-2-14-8-10-15(11-9-14)12-20-21(16-6-4-3-5-7-16)18(24)19-13-17(22)23/h2-12H,1,13H2,(H,19,24)(H,22,23)/b20-12+. The third-order valence-corrected chi connectivity index (χ3v) is 3.40. The molecular weight excluding hydrogens is 322 g/mol. The first-order chi connectivity index (χ1) is 11.6. The third kappa shape index (κ3) is 5.03. The fourth-order valence-electron chi connectivity index (χ4n) is 1.87. The van der Waals surface area contributed by atoms with Gasteiger partial charge in [-0.3, -0.25) is 4.79 Å². The van der Waals surface area contributed by atoms with E-state index in [2.05, 4.69) is 17.0 Å². The Kier molecular flexibility index (Phi) is 6.22. The van der Waals surface area contributed by atoms with Crippen LogP contribution in [0.25, 0.3) is 6.08 Å². The van der Waals surface area contributed by atoms with Crippen molar-refractivity contribution in [3.8, 4) is 0 Å². The van der Waals surface area contributed by atoms with Gasteiger partial charge in [0.05, 0.1) is 11.9 Å². The molecule has 5 nitrogen and oxygen atoms in total. The molecule has 0 spiro atoms. The van der Waals surface area contributed by atoms with Crippen molar-refractivity contribution in [2.24, 2.45) is 5.10 Å². The molecule has 2 aromatic carbocycles. The van der Waals surface area contributed by atoms with Crippen molar-refractivity contribution in [2.45, 2.75) is 0 Å². The van der Waals surface area contributed by atoms with Crippen LogP contribution in [0.5, 0.6) is 0 Å². The molecule has 24 heavy (non-hydrogen) atoms. The molecule has 0 unspecified atom stereocenters. The van der Waals surface area contributed by atoms with Crippen LogP contribution in [-0.2, 0) is 4.79 Å². The molecule has 2 N–H and O–H groups in total. The molecule has 0 heterocycles. The van der Waals surface area contributed by atoms with Crippen LogP contribution in [0.4, 0.5) is 5.69 Å². The minimum atomic E-state index is -0.991. The summed E-state index contributed by atoms with van der Waals surface area (Å²) < 4.78 is 0. The maximum absolute atomic E-state index is 10.7. The normalized spacial score (nSPS) is 10.3. The van der Waals surface area contributed by atoms with Crippen molar-refractivity contribution < 1.29 is 9.90 Å². The van der Waals surface area contributed by atoms with Crippen LogP contribution in [-0.4, -0.2) is 28.9 Å². The summed E-state index contributed by atoms with van der Waals surface area (Å²) in [5, 5.41) is 17.5. The zero-order valence-electron chi connectivity index (χ0n) is 12.9. The van der Waals surface area contributed by atoms with Crippen LogP contribution in [0.15, 0.2) is 66.3 Å². The minimum Gasteiger partial charge on any atom is -0.480 e. The number of aliphatic carboxylic acids is 1. The number of nitrogens with zero attached hydrogens (tertiary/aromatic N) is 2. The van der Waals surface area contributed by atoms with Gasteiger partial charge in [-0.25, -0.2) is 5.01 Å². The molecule has 0 amide bonds. The predicted octanol–water partition coefficient (Wildman–Crippen LogP) is 3.13. The number of hydrogen-bond acceptors (Lipinski definition) is 3. The second-order valence-corrected chi connectivity index (χ2v) is 5.20. The number of anilines is 1. The average molecular weight is 339 g/mol. The van der Waals surface area contributed by atoms with Crippen molar-refractivity contribution in [3.05, 3.63) is 72.3 Å². The minimum absolute atomic E-state index is 0.211. The highest BCUT2D eigenvalue weighted by Crippen LogP contribution is 2.14. The van der Waals surface area contributed by atoms with Crippen LogP contribution < -0.4 is 10.3 Å². The number of hydrogen-bond donors (Lipinski definition) is 2. The summed E-state index contributed by atoms with van der Waals surface area (Å²) in [6, 6.07) is 17.0. The van der Waals surface area contributed by atoms with Gasteiger partial charge in [0.1, 0.15) is 6.54 Å². The number of carbonyl (C=O) groups is 1. The Morgan fingerprint density at radius 3 is 2.38 bits per heavy atom. The van der Waals surface area contributed by atoms with Gasteiger partial charge in [-0.1, -0.05) is 55.1 Å². The summed E-state index contributed by atoms with van der Waals surface area (Å²) in [5.74, 6) is -0.991. The second kappa shape index (κ2) is 8.59. The van der Waals surface area contributed by atoms with Gasteiger partial charge in [-0.15, -0.1) is 0 Å². The summed E-state index contributed by atoms with van der Waals surface area (Å²) >= 11 is 5.26. The molecule has 0 aliphatic rings. The Bertz CT molecular complexity index is 743. The van der Waals surface area contributed by atoms with Crippen molar-refractivity contribution in [2.75, 3.05) is 11.6 Å². The first-order valence-corrected chi connectivity index (χ1v) is 7.62. The monoisotopic (exact) mass is 339 g/mol. The van der Waals surface area contributed by atoms with Gasteiger partial charge >= 0.3 is 5.97 Å². The van der Waals surface area contributed by atoms with Gasteiger partial charge in [0, 0.05) is 0 Å². The number of para-hydroxylation sites is 1. The van der Waals surface area contributed by atoms with E-state index in [0.717, 1.165) is 16.8 Å². The Morgan fingerprint density at radius 1 is 1.17 bits per heavy atom. The molecule has 0 aliphatic carbocycles. The van der Waals surface area contributed by atoms with E-state index in [1.807, 2.05) is 54.6 Å². The van der Waals surface area contributed by atoms with Crippen molar-refractivity contribution >= 4 is 41.3 Å². The molecule has 0 saturated heterocycles. The van der Waals surface area contributed by atoms with E-state index >= 15 is 0 Å². The zero-order chi connectivity index (χ0) is 17.4. The first kappa shape index (κ1) is 17.4. The van der Waals surface area contributed by atoms with Crippen molar-refractivity contribution in [3.63, 3.8) is 0 Å². The second-order valence-electron chi connectivity index (χ2n) is 4.82. The van der Waals surface area contributed by atoms with Crippen LogP contribution in [0.2, 0.25) is 0 Å². The van der Waals surface area contributed by atoms with Crippen molar-refractivity contribution in [1.29, 1.82) is 0 Å². The summed E-state index contributed by atoms with van der Waals surface area (Å²) in [6.45, 7) is 3.45. The highest BCUT2D eigenvalue weighted by atomic mass is 32.1. The fourth-order valence-corrected chi connectivity index (χ4v) is 2.10. The summed E-state index contributed by atoms with van der Waals surface area (Å²) in [5.41, 5.74) is 2.65. The molecule has 2 rings (SSSR count). The van der Waals surface area contributed by atoms with Gasteiger partial charge < -0.3 is 10.4 Å². The van der Waals surface area contributed by atoms with Crippen LogP contribution >= 0.6 is 12.2 Å². The lowest BCUT2D eigenvalue weighted by Gasteiger charge is -2.20.